The summed E-state index contributed by atoms with van der Waals surface area (Å²) in [5.74, 6) is 0. The molecule has 1 aromatic rings. The SMILES string of the molecule is C=C1CCN(C(=O)OC(C)(C)C)c2c1ncc(B1OC(C)(C)C(C)(C)O1)c2C. The van der Waals surface area contributed by atoms with Crippen molar-refractivity contribution in [3.05, 3.63) is 24.0 Å². The van der Waals surface area contributed by atoms with E-state index in [1.807, 2.05) is 55.4 Å². The second-order valence-electron chi connectivity index (χ2n) is 9.61. The molecule has 0 aliphatic carbocycles. The lowest BCUT2D eigenvalue weighted by molar-refractivity contribution is 0.00578. The molecular formula is C21H31BN2O4. The molecular weight excluding hydrogens is 355 g/mol. The summed E-state index contributed by atoms with van der Waals surface area (Å²) in [7, 11) is -0.543. The molecule has 0 atom stereocenters. The van der Waals surface area contributed by atoms with Crippen molar-refractivity contribution in [1.29, 1.82) is 0 Å². The van der Waals surface area contributed by atoms with Gasteiger partial charge < -0.3 is 14.0 Å². The molecule has 3 rings (SSSR count). The maximum atomic E-state index is 12.9. The van der Waals surface area contributed by atoms with E-state index in [-0.39, 0.29) is 6.09 Å². The van der Waals surface area contributed by atoms with Crippen molar-refractivity contribution >= 4 is 29.9 Å². The summed E-state index contributed by atoms with van der Waals surface area (Å²) in [4.78, 5) is 19.1. The van der Waals surface area contributed by atoms with Crippen molar-refractivity contribution in [3.63, 3.8) is 0 Å². The van der Waals surface area contributed by atoms with Gasteiger partial charge in [-0.05, 0) is 72.9 Å². The zero-order chi connectivity index (χ0) is 21.1. The molecule has 1 fully saturated rings. The van der Waals surface area contributed by atoms with Crippen molar-refractivity contribution in [2.75, 3.05) is 11.4 Å². The minimum atomic E-state index is -0.573. The predicted octanol–water partition coefficient (Wildman–Crippen LogP) is 3.85. The molecule has 0 N–H and O–H groups in total. The first kappa shape index (κ1) is 20.9. The summed E-state index contributed by atoms with van der Waals surface area (Å²) < 4.78 is 18.0. The van der Waals surface area contributed by atoms with E-state index in [0.29, 0.717) is 13.0 Å². The third-order valence-electron chi connectivity index (χ3n) is 5.71. The van der Waals surface area contributed by atoms with Crippen LogP contribution in [0.2, 0.25) is 0 Å². The van der Waals surface area contributed by atoms with Gasteiger partial charge in [0.25, 0.3) is 0 Å². The van der Waals surface area contributed by atoms with E-state index in [1.54, 1.807) is 11.1 Å². The van der Waals surface area contributed by atoms with Crippen molar-refractivity contribution in [1.82, 2.24) is 4.98 Å². The second-order valence-corrected chi connectivity index (χ2v) is 9.61. The van der Waals surface area contributed by atoms with E-state index in [9.17, 15) is 4.79 Å². The van der Waals surface area contributed by atoms with Gasteiger partial charge in [-0.1, -0.05) is 6.58 Å². The Morgan fingerprint density at radius 3 is 2.36 bits per heavy atom. The highest BCUT2D eigenvalue weighted by Crippen LogP contribution is 2.39. The Kier molecular flexibility index (Phi) is 4.92. The number of hydrogen-bond acceptors (Lipinski definition) is 5. The molecule has 28 heavy (non-hydrogen) atoms. The molecule has 7 heteroatoms. The van der Waals surface area contributed by atoms with E-state index in [0.717, 1.165) is 28.0 Å². The predicted molar refractivity (Wildman–Crippen MR) is 112 cm³/mol. The van der Waals surface area contributed by atoms with Crippen molar-refractivity contribution in [3.8, 4) is 0 Å². The molecule has 0 unspecified atom stereocenters. The number of rotatable bonds is 1. The summed E-state index contributed by atoms with van der Waals surface area (Å²) in [5.41, 5.74) is 2.63. The lowest BCUT2D eigenvalue weighted by Crippen LogP contribution is -2.43. The monoisotopic (exact) mass is 386 g/mol. The van der Waals surface area contributed by atoms with Gasteiger partial charge in [-0.3, -0.25) is 9.88 Å². The number of carbonyl (C=O) groups excluding carboxylic acids is 1. The molecule has 152 valence electrons. The van der Waals surface area contributed by atoms with Gasteiger partial charge in [0.2, 0.25) is 0 Å². The van der Waals surface area contributed by atoms with Crippen LogP contribution in [0.1, 0.15) is 66.1 Å². The number of anilines is 1. The molecule has 6 nitrogen and oxygen atoms in total. The zero-order valence-corrected chi connectivity index (χ0v) is 18.3. The van der Waals surface area contributed by atoms with Gasteiger partial charge >= 0.3 is 13.2 Å². The third-order valence-corrected chi connectivity index (χ3v) is 5.71. The van der Waals surface area contributed by atoms with Crippen LogP contribution in [-0.4, -0.2) is 41.5 Å². The van der Waals surface area contributed by atoms with Crippen molar-refractivity contribution < 1.29 is 18.8 Å². The van der Waals surface area contributed by atoms with Crippen LogP contribution >= 0.6 is 0 Å². The summed E-state index contributed by atoms with van der Waals surface area (Å²) >= 11 is 0. The minimum absolute atomic E-state index is 0.378. The number of aromatic nitrogens is 1. The standard InChI is InChI=1S/C21H31BN2O4/c1-13-10-11-24(18(25)26-19(3,4)5)17-14(2)15(12-23-16(13)17)22-27-20(6,7)21(8,9)28-22/h12H,1,10-11H2,2-9H3. The fraction of sp³-hybridized carbons (Fsp3) is 0.619. The van der Waals surface area contributed by atoms with Crippen molar-refractivity contribution in [2.45, 2.75) is 78.6 Å². The van der Waals surface area contributed by atoms with Gasteiger partial charge in [-0.25, -0.2) is 4.79 Å². The van der Waals surface area contributed by atoms with Gasteiger partial charge in [-0.2, -0.15) is 0 Å². The molecule has 1 aromatic heterocycles. The molecule has 0 aromatic carbocycles. The minimum Gasteiger partial charge on any atom is -0.443 e. The van der Waals surface area contributed by atoms with Crippen LogP contribution in [0, 0.1) is 6.92 Å². The molecule has 2 aliphatic rings. The number of fused-ring (bicyclic) bond motifs is 1. The van der Waals surface area contributed by atoms with Gasteiger partial charge in [0.15, 0.2) is 0 Å². The third kappa shape index (κ3) is 3.58. The summed E-state index contributed by atoms with van der Waals surface area (Å²) in [6.07, 6.45) is 2.06. The molecule has 3 heterocycles. The Hall–Kier alpha value is -1.86. The van der Waals surface area contributed by atoms with Crippen LogP contribution in [0.5, 0.6) is 0 Å². The van der Waals surface area contributed by atoms with Gasteiger partial charge in [0, 0.05) is 18.2 Å². The number of amides is 1. The van der Waals surface area contributed by atoms with Crippen LogP contribution < -0.4 is 10.4 Å². The topological polar surface area (TPSA) is 60.9 Å². The van der Waals surface area contributed by atoms with E-state index < -0.39 is 23.9 Å². The number of ether oxygens (including phenoxy) is 1. The smallest absolute Gasteiger partial charge is 0.443 e. The number of hydrogen-bond donors (Lipinski definition) is 0. The average Bonchev–Trinajstić information content (AvgIpc) is 2.74. The number of nitrogens with zero attached hydrogens (tertiary/aromatic N) is 2. The Labute approximate surface area is 168 Å². The lowest BCUT2D eigenvalue weighted by Gasteiger charge is -2.33. The Balaban J connectivity index is 2.03. The van der Waals surface area contributed by atoms with Crippen molar-refractivity contribution in [2.24, 2.45) is 0 Å². The fourth-order valence-electron chi connectivity index (χ4n) is 3.38. The normalized spacial score (nSPS) is 20.9. The maximum Gasteiger partial charge on any atom is 0.496 e. The first-order valence-corrected chi connectivity index (χ1v) is 9.77. The Morgan fingerprint density at radius 2 is 1.82 bits per heavy atom. The molecule has 0 bridgehead atoms. The Bertz CT molecular complexity index is 810. The summed E-state index contributed by atoms with van der Waals surface area (Å²) in [5, 5.41) is 0. The lowest BCUT2D eigenvalue weighted by atomic mass is 9.76. The van der Waals surface area contributed by atoms with E-state index in [2.05, 4.69) is 11.6 Å². The van der Waals surface area contributed by atoms with Crippen LogP contribution in [0.15, 0.2) is 12.8 Å². The van der Waals surface area contributed by atoms with Crippen LogP contribution in [-0.2, 0) is 14.0 Å². The van der Waals surface area contributed by atoms with Gasteiger partial charge in [0.1, 0.15) is 5.60 Å². The highest BCUT2D eigenvalue weighted by atomic mass is 16.7. The van der Waals surface area contributed by atoms with Crippen LogP contribution in [0.25, 0.3) is 5.57 Å². The van der Waals surface area contributed by atoms with Gasteiger partial charge in [0.05, 0.1) is 22.6 Å². The zero-order valence-electron chi connectivity index (χ0n) is 18.3. The average molecular weight is 386 g/mol. The second kappa shape index (κ2) is 6.60. The molecule has 0 radical (unpaired) electrons. The molecule has 2 aliphatic heterocycles. The molecule has 1 saturated heterocycles. The van der Waals surface area contributed by atoms with E-state index >= 15 is 0 Å². The molecule has 1 amide bonds. The first-order chi connectivity index (χ1) is 12.7. The molecule has 0 saturated carbocycles. The largest absolute Gasteiger partial charge is 0.496 e. The molecule has 0 spiro atoms. The highest BCUT2D eigenvalue weighted by Gasteiger charge is 2.52. The van der Waals surface area contributed by atoms with E-state index in [1.165, 1.54) is 0 Å². The number of carbonyl (C=O) groups is 1. The fourth-order valence-corrected chi connectivity index (χ4v) is 3.38. The maximum absolute atomic E-state index is 12.9. The quantitative estimate of drug-likeness (QED) is 0.687. The summed E-state index contributed by atoms with van der Waals surface area (Å²) in [6.45, 7) is 20.3. The highest BCUT2D eigenvalue weighted by molar-refractivity contribution is 6.62. The van der Waals surface area contributed by atoms with Crippen LogP contribution in [0.3, 0.4) is 0 Å². The van der Waals surface area contributed by atoms with E-state index in [4.69, 9.17) is 14.0 Å². The van der Waals surface area contributed by atoms with Gasteiger partial charge in [-0.15, -0.1) is 0 Å². The first-order valence-electron chi connectivity index (χ1n) is 9.77. The van der Waals surface area contributed by atoms with Crippen LogP contribution in [0.4, 0.5) is 10.5 Å². The Morgan fingerprint density at radius 1 is 1.25 bits per heavy atom. The number of pyridine rings is 1. The summed E-state index contributed by atoms with van der Waals surface area (Å²) in [6, 6.07) is 0.